The molecule has 0 radical (unpaired) electrons. The molecule has 2 aromatic carbocycles. The first-order chi connectivity index (χ1) is 19.8. The number of rotatable bonds is 8. The minimum atomic E-state index is -5.33. The average molecular weight is 604 g/mol. The predicted octanol–water partition coefficient (Wildman–Crippen LogP) is 4.24. The van der Waals surface area contributed by atoms with Crippen molar-refractivity contribution in [3.05, 3.63) is 71.2 Å². The second-order valence-electron chi connectivity index (χ2n) is 10.00. The van der Waals surface area contributed by atoms with Gasteiger partial charge in [0.2, 0.25) is 11.5 Å². The molecule has 220 valence electrons. The zero-order chi connectivity index (χ0) is 30.4. The number of pyridine rings is 1. The number of carbonyl (C=O) groups is 2. The van der Waals surface area contributed by atoms with Crippen molar-refractivity contribution >= 4 is 38.5 Å². The molecule has 2 amide bonds. The first kappa shape index (κ1) is 29.2. The third-order valence-electron chi connectivity index (χ3n) is 7.11. The Balaban J connectivity index is 1.55. The van der Waals surface area contributed by atoms with Crippen molar-refractivity contribution in [2.45, 2.75) is 31.0 Å². The van der Waals surface area contributed by atoms with Crippen LogP contribution in [0.2, 0.25) is 0 Å². The third-order valence-corrected chi connectivity index (χ3v) is 8.09. The number of fused-ring (bicyclic) bond motifs is 2. The molecule has 0 aliphatic carbocycles. The Hall–Kier alpha value is -4.30. The molecule has 4 aromatic rings. The fourth-order valence-electron chi connectivity index (χ4n) is 4.54. The molecule has 1 aliphatic rings. The smallest absolute Gasteiger partial charge is 0.424 e. The summed E-state index contributed by atoms with van der Waals surface area (Å²) in [6.07, 6.45) is -5.33. The van der Waals surface area contributed by atoms with Gasteiger partial charge >= 0.3 is 6.18 Å². The van der Waals surface area contributed by atoms with Gasteiger partial charge in [-0.15, -0.1) is 0 Å². The summed E-state index contributed by atoms with van der Waals surface area (Å²) in [6.45, 7) is 2.33. The number of nitrogens with two attached hydrogens (primary N) is 1. The van der Waals surface area contributed by atoms with Crippen LogP contribution in [0.1, 0.15) is 35.5 Å². The number of nitrogens with one attached hydrogen (secondary N) is 2. The highest BCUT2D eigenvalue weighted by Crippen LogP contribution is 2.47. The van der Waals surface area contributed by atoms with Crippen LogP contribution < -0.4 is 21.1 Å². The van der Waals surface area contributed by atoms with E-state index in [2.05, 4.69) is 20.6 Å². The minimum Gasteiger partial charge on any atom is -0.489 e. The predicted molar refractivity (Wildman–Crippen MR) is 148 cm³/mol. The number of aromatic nitrogens is 2. The lowest BCUT2D eigenvalue weighted by Crippen LogP contribution is -2.51. The summed E-state index contributed by atoms with van der Waals surface area (Å²) in [6, 6.07) is 10.1. The molecule has 5 rings (SSSR count). The molecule has 0 bridgehead atoms. The standard InChI is InChI=1S/C28H25F4N5O4S/c1-3-34-25-36-18-9-6-15(10-19(18)42-25)23(38)35-12-27(40,28(30,31)32)20-11-17-22(41-13-26(17,2)24(33)39)21(37-20)14-4-7-16(29)8-5-14/h4-11,40H,3,12-13H2,1-2H3,(H2,33,39)(H,34,36)(H,35,38)/t26-,27?/m0/s1. The van der Waals surface area contributed by atoms with Crippen molar-refractivity contribution in [1.82, 2.24) is 15.3 Å². The van der Waals surface area contributed by atoms with E-state index in [1.54, 1.807) is 6.07 Å². The van der Waals surface area contributed by atoms with Crippen LogP contribution >= 0.6 is 11.3 Å². The van der Waals surface area contributed by atoms with Gasteiger partial charge in [0.05, 0.1) is 22.5 Å². The summed E-state index contributed by atoms with van der Waals surface area (Å²) in [5, 5.41) is 17.0. The molecule has 3 heterocycles. The van der Waals surface area contributed by atoms with E-state index in [9.17, 15) is 32.3 Å². The third kappa shape index (κ3) is 5.00. The van der Waals surface area contributed by atoms with Crippen LogP contribution in [0, 0.1) is 5.82 Å². The van der Waals surface area contributed by atoms with Gasteiger partial charge in [0.1, 0.15) is 29.3 Å². The van der Waals surface area contributed by atoms with Crippen LogP contribution in [-0.2, 0) is 15.8 Å². The second kappa shape index (κ2) is 10.5. The number of hydrogen-bond donors (Lipinski definition) is 4. The Morgan fingerprint density at radius 3 is 2.50 bits per heavy atom. The zero-order valence-corrected chi connectivity index (χ0v) is 23.1. The largest absolute Gasteiger partial charge is 0.489 e. The van der Waals surface area contributed by atoms with Gasteiger partial charge in [-0.25, -0.2) is 14.4 Å². The fourth-order valence-corrected chi connectivity index (χ4v) is 5.51. The summed E-state index contributed by atoms with van der Waals surface area (Å²) in [7, 11) is 0. The molecule has 0 spiro atoms. The Kier molecular flexibility index (Phi) is 7.31. The minimum absolute atomic E-state index is 0.0185. The van der Waals surface area contributed by atoms with E-state index in [1.165, 1.54) is 42.5 Å². The normalized spacial score (nSPS) is 17.8. The van der Waals surface area contributed by atoms with Gasteiger partial charge in [0.15, 0.2) is 5.13 Å². The lowest BCUT2D eigenvalue weighted by molar-refractivity contribution is -0.265. The maximum absolute atomic E-state index is 14.6. The molecular formula is C28H25F4N5O4S. The summed E-state index contributed by atoms with van der Waals surface area (Å²) < 4.78 is 63.7. The number of halogens is 4. The lowest BCUT2D eigenvalue weighted by atomic mass is 9.81. The van der Waals surface area contributed by atoms with Crippen molar-refractivity contribution < 1.29 is 37.0 Å². The number of aliphatic hydroxyl groups is 1. The number of alkyl halides is 3. The lowest BCUT2D eigenvalue weighted by Gasteiger charge is -2.31. The number of thiazole rings is 1. The van der Waals surface area contributed by atoms with E-state index >= 15 is 0 Å². The second-order valence-corrected chi connectivity index (χ2v) is 11.0. The van der Waals surface area contributed by atoms with Crippen molar-refractivity contribution in [2.75, 3.05) is 25.0 Å². The number of nitrogens with zero attached hydrogens (tertiary/aromatic N) is 2. The molecule has 2 aromatic heterocycles. The molecular weight excluding hydrogens is 578 g/mol. The highest BCUT2D eigenvalue weighted by Gasteiger charge is 2.57. The molecule has 0 saturated carbocycles. The molecule has 14 heteroatoms. The van der Waals surface area contributed by atoms with Gasteiger partial charge in [0.25, 0.3) is 5.91 Å². The molecule has 9 nitrogen and oxygen atoms in total. The van der Waals surface area contributed by atoms with Crippen LogP contribution in [0.5, 0.6) is 5.75 Å². The number of amides is 2. The van der Waals surface area contributed by atoms with Crippen LogP contribution in [0.25, 0.3) is 21.5 Å². The Morgan fingerprint density at radius 2 is 1.86 bits per heavy atom. The summed E-state index contributed by atoms with van der Waals surface area (Å²) >= 11 is 1.28. The van der Waals surface area contributed by atoms with Crippen LogP contribution in [0.3, 0.4) is 0 Å². The van der Waals surface area contributed by atoms with Gasteiger partial charge in [-0.3, -0.25) is 9.59 Å². The number of primary amides is 1. The van der Waals surface area contributed by atoms with Gasteiger partial charge in [-0.2, -0.15) is 13.2 Å². The Morgan fingerprint density at radius 1 is 1.14 bits per heavy atom. The van der Waals surface area contributed by atoms with E-state index in [0.29, 0.717) is 21.9 Å². The Labute approximate surface area is 240 Å². The molecule has 5 N–H and O–H groups in total. The molecule has 1 aliphatic heterocycles. The van der Waals surface area contributed by atoms with Crippen LogP contribution in [0.4, 0.5) is 22.7 Å². The average Bonchev–Trinajstić information content (AvgIpc) is 3.51. The quantitative estimate of drug-likeness (QED) is 0.221. The maximum Gasteiger partial charge on any atom is 0.424 e. The SMILES string of the molecule is CCNc1nc2ccc(C(=O)NCC(O)(c3cc4c(c(-c5ccc(F)cc5)n3)OC[C@]4(C)C(N)=O)C(F)(F)F)cc2s1. The van der Waals surface area contributed by atoms with E-state index < -0.39 is 47.1 Å². The maximum atomic E-state index is 14.6. The first-order valence-corrected chi connectivity index (χ1v) is 13.5. The molecule has 0 fully saturated rings. The highest BCUT2D eigenvalue weighted by molar-refractivity contribution is 7.22. The summed E-state index contributed by atoms with van der Waals surface area (Å²) in [5.41, 5.74) is 0.0877. The van der Waals surface area contributed by atoms with Gasteiger partial charge in [-0.05, 0) is 62.4 Å². The topological polar surface area (TPSA) is 139 Å². The molecule has 2 atom stereocenters. The van der Waals surface area contributed by atoms with Crippen molar-refractivity contribution in [3.8, 4) is 17.0 Å². The highest BCUT2D eigenvalue weighted by atomic mass is 32.1. The van der Waals surface area contributed by atoms with E-state index in [4.69, 9.17) is 10.5 Å². The number of anilines is 1. The van der Waals surface area contributed by atoms with E-state index in [0.717, 1.165) is 18.2 Å². The van der Waals surface area contributed by atoms with E-state index in [1.807, 2.05) is 6.92 Å². The Bertz CT molecular complexity index is 1690. The summed E-state index contributed by atoms with van der Waals surface area (Å²) in [5.74, 6) is -2.36. The molecule has 42 heavy (non-hydrogen) atoms. The fraction of sp³-hybridized carbons (Fsp3) is 0.286. The van der Waals surface area contributed by atoms with E-state index in [-0.39, 0.29) is 34.7 Å². The van der Waals surface area contributed by atoms with Crippen LogP contribution in [-0.4, -0.2) is 52.8 Å². The van der Waals surface area contributed by atoms with Gasteiger partial charge in [-0.1, -0.05) is 11.3 Å². The van der Waals surface area contributed by atoms with Gasteiger partial charge in [0, 0.05) is 23.2 Å². The van der Waals surface area contributed by atoms with Crippen molar-refractivity contribution in [3.63, 3.8) is 0 Å². The first-order valence-electron chi connectivity index (χ1n) is 12.7. The zero-order valence-electron chi connectivity index (χ0n) is 22.3. The van der Waals surface area contributed by atoms with Crippen LogP contribution in [0.15, 0.2) is 48.5 Å². The van der Waals surface area contributed by atoms with Crippen molar-refractivity contribution in [1.29, 1.82) is 0 Å². The van der Waals surface area contributed by atoms with Gasteiger partial charge < -0.3 is 26.2 Å². The molecule has 0 saturated heterocycles. The number of ether oxygens (including phenoxy) is 1. The summed E-state index contributed by atoms with van der Waals surface area (Å²) in [4.78, 5) is 33.8. The van der Waals surface area contributed by atoms with Crippen molar-refractivity contribution in [2.24, 2.45) is 5.73 Å². The number of benzene rings is 2. The number of carbonyl (C=O) groups excluding carboxylic acids is 2. The molecule has 1 unspecified atom stereocenters. The monoisotopic (exact) mass is 603 g/mol. The number of hydrogen-bond acceptors (Lipinski definition) is 8.